The molecule has 1 saturated heterocycles. The third-order valence-electron chi connectivity index (χ3n) is 4.57. The Kier molecular flexibility index (Phi) is 5.49. The van der Waals surface area contributed by atoms with Gasteiger partial charge in [-0.2, -0.15) is 0 Å². The van der Waals surface area contributed by atoms with Crippen LogP contribution in [-0.2, 0) is 0 Å². The minimum Gasteiger partial charge on any atom is -0.468 e. The van der Waals surface area contributed by atoms with Crippen LogP contribution in [0, 0.1) is 0 Å². The number of carbonyl (C=O) groups excluding carboxylic acids is 1. The lowest BCUT2D eigenvalue weighted by Crippen LogP contribution is -2.32. The zero-order valence-corrected chi connectivity index (χ0v) is 15.7. The number of rotatable bonds is 4. The molecule has 1 amide bonds. The Morgan fingerprint density at radius 2 is 1.74 bits per heavy atom. The summed E-state index contributed by atoms with van der Waals surface area (Å²) in [5.74, 6) is 3.48. The quantitative estimate of drug-likeness (QED) is 0.609. The minimum absolute atomic E-state index is 0.0713. The maximum absolute atomic E-state index is 12.9. The van der Waals surface area contributed by atoms with E-state index in [4.69, 9.17) is 9.15 Å². The first-order chi connectivity index (χ1) is 13.3. The molecule has 1 aliphatic rings. The first kappa shape index (κ1) is 17.7. The summed E-state index contributed by atoms with van der Waals surface area (Å²) in [4.78, 5) is 14.8. The van der Waals surface area contributed by atoms with Crippen LogP contribution >= 0.6 is 11.8 Å². The fourth-order valence-corrected chi connectivity index (χ4v) is 4.33. The smallest absolute Gasteiger partial charge is 0.253 e. The number of ether oxygens (including phenoxy) is 1. The van der Waals surface area contributed by atoms with Gasteiger partial charge in [0.15, 0.2) is 0 Å². The Labute approximate surface area is 163 Å². The van der Waals surface area contributed by atoms with Crippen molar-refractivity contribution in [2.45, 2.75) is 11.7 Å². The van der Waals surface area contributed by atoms with Gasteiger partial charge < -0.3 is 14.1 Å². The Morgan fingerprint density at radius 3 is 2.48 bits per heavy atom. The molecule has 0 radical (unpaired) electrons. The van der Waals surface area contributed by atoms with Gasteiger partial charge in [0.25, 0.3) is 5.91 Å². The molecule has 4 rings (SSSR count). The first-order valence-corrected chi connectivity index (χ1v) is 10.1. The zero-order valence-electron chi connectivity index (χ0n) is 14.9. The summed E-state index contributed by atoms with van der Waals surface area (Å²) in [5.41, 5.74) is 0.692. The van der Waals surface area contributed by atoms with Crippen molar-refractivity contribution in [3.05, 3.63) is 84.3 Å². The van der Waals surface area contributed by atoms with Crippen molar-refractivity contribution in [2.75, 3.05) is 18.8 Å². The molecular formula is C22H21NO3S. The van der Waals surface area contributed by atoms with E-state index in [2.05, 4.69) is 0 Å². The number of hydrogen-bond donors (Lipinski definition) is 0. The molecule has 1 unspecified atom stereocenters. The van der Waals surface area contributed by atoms with E-state index >= 15 is 0 Å². The summed E-state index contributed by atoms with van der Waals surface area (Å²) < 4.78 is 11.3. The molecule has 27 heavy (non-hydrogen) atoms. The average molecular weight is 379 g/mol. The van der Waals surface area contributed by atoms with Gasteiger partial charge in [-0.15, -0.1) is 11.8 Å². The van der Waals surface area contributed by atoms with Gasteiger partial charge in [-0.05, 0) is 55.0 Å². The topological polar surface area (TPSA) is 42.7 Å². The maximum Gasteiger partial charge on any atom is 0.253 e. The highest BCUT2D eigenvalue weighted by Gasteiger charge is 2.24. The van der Waals surface area contributed by atoms with Gasteiger partial charge in [0, 0.05) is 24.4 Å². The average Bonchev–Trinajstić information content (AvgIpc) is 3.14. The van der Waals surface area contributed by atoms with Crippen molar-refractivity contribution < 1.29 is 13.9 Å². The molecule has 1 atom stereocenters. The zero-order chi connectivity index (χ0) is 18.5. The number of hydrogen-bond acceptors (Lipinski definition) is 4. The number of thioether (sulfide) groups is 1. The third-order valence-corrected chi connectivity index (χ3v) is 5.86. The second kappa shape index (κ2) is 8.35. The second-order valence-electron chi connectivity index (χ2n) is 6.40. The highest BCUT2D eigenvalue weighted by Crippen LogP contribution is 2.34. The van der Waals surface area contributed by atoms with E-state index in [1.807, 2.05) is 83.4 Å². The van der Waals surface area contributed by atoms with E-state index in [0.29, 0.717) is 10.8 Å². The Morgan fingerprint density at radius 1 is 0.963 bits per heavy atom. The Hall–Kier alpha value is -2.66. The molecular weight excluding hydrogens is 358 g/mol. The van der Waals surface area contributed by atoms with Gasteiger partial charge in [0.2, 0.25) is 0 Å². The molecule has 2 aromatic carbocycles. The van der Waals surface area contributed by atoms with Crippen LogP contribution in [0.3, 0.4) is 0 Å². The van der Waals surface area contributed by atoms with E-state index in [9.17, 15) is 4.79 Å². The lowest BCUT2D eigenvalue weighted by atomic mass is 10.1. The summed E-state index contributed by atoms with van der Waals surface area (Å²) in [7, 11) is 0. The van der Waals surface area contributed by atoms with Crippen molar-refractivity contribution in [3.63, 3.8) is 0 Å². The van der Waals surface area contributed by atoms with E-state index in [0.717, 1.165) is 42.5 Å². The van der Waals surface area contributed by atoms with Crippen LogP contribution in [0.2, 0.25) is 0 Å². The molecule has 2 heterocycles. The number of nitrogens with zero attached hydrogens (tertiary/aromatic N) is 1. The van der Waals surface area contributed by atoms with Crippen molar-refractivity contribution >= 4 is 17.7 Å². The number of benzene rings is 2. The minimum atomic E-state index is 0.0713. The largest absolute Gasteiger partial charge is 0.468 e. The second-order valence-corrected chi connectivity index (χ2v) is 7.71. The number of para-hydroxylation sites is 1. The van der Waals surface area contributed by atoms with Crippen LogP contribution in [0.5, 0.6) is 11.5 Å². The first-order valence-electron chi connectivity index (χ1n) is 9.07. The molecule has 3 aromatic rings. The number of carbonyl (C=O) groups is 1. The van der Waals surface area contributed by atoms with Crippen molar-refractivity contribution in [2.24, 2.45) is 0 Å². The predicted octanol–water partition coefficient (Wildman–Crippen LogP) is 5.39. The molecule has 1 aromatic heterocycles. The molecule has 1 fully saturated rings. The molecule has 1 aliphatic heterocycles. The fourth-order valence-electron chi connectivity index (χ4n) is 3.15. The van der Waals surface area contributed by atoms with Crippen LogP contribution in [-0.4, -0.2) is 29.6 Å². The van der Waals surface area contributed by atoms with E-state index in [-0.39, 0.29) is 5.91 Å². The van der Waals surface area contributed by atoms with Crippen LogP contribution in [0.4, 0.5) is 0 Å². The highest BCUT2D eigenvalue weighted by atomic mass is 32.2. The molecule has 0 N–H and O–H groups in total. The van der Waals surface area contributed by atoms with Crippen LogP contribution in [0.25, 0.3) is 0 Å². The molecule has 0 aliphatic carbocycles. The van der Waals surface area contributed by atoms with Crippen LogP contribution in [0.15, 0.2) is 77.4 Å². The van der Waals surface area contributed by atoms with Gasteiger partial charge in [0.1, 0.15) is 17.3 Å². The Bertz CT molecular complexity index is 862. The third kappa shape index (κ3) is 4.37. The summed E-state index contributed by atoms with van der Waals surface area (Å²) in [6.45, 7) is 1.49. The van der Waals surface area contributed by atoms with Gasteiger partial charge in [-0.3, -0.25) is 4.79 Å². The van der Waals surface area contributed by atoms with Crippen LogP contribution < -0.4 is 4.74 Å². The van der Waals surface area contributed by atoms with Gasteiger partial charge in [0.05, 0.1) is 11.5 Å². The standard InChI is InChI=1S/C22H21NO3S/c24-22(23-13-12-21(27-16-14-23)20-7-4-15-25-20)17-8-10-19(11-9-17)26-18-5-2-1-3-6-18/h1-11,15,21H,12-14,16H2. The normalized spacial score (nSPS) is 17.3. The van der Waals surface area contributed by atoms with Crippen molar-refractivity contribution in [1.29, 1.82) is 0 Å². The van der Waals surface area contributed by atoms with E-state index in [1.54, 1.807) is 6.26 Å². The van der Waals surface area contributed by atoms with E-state index < -0.39 is 0 Å². The van der Waals surface area contributed by atoms with E-state index in [1.165, 1.54) is 0 Å². The number of furan rings is 1. The molecule has 0 saturated carbocycles. The van der Waals surface area contributed by atoms with Crippen molar-refractivity contribution in [1.82, 2.24) is 4.90 Å². The van der Waals surface area contributed by atoms with Crippen molar-refractivity contribution in [3.8, 4) is 11.5 Å². The Balaban J connectivity index is 1.39. The van der Waals surface area contributed by atoms with Gasteiger partial charge in [-0.25, -0.2) is 0 Å². The number of amides is 1. The monoisotopic (exact) mass is 379 g/mol. The molecule has 0 bridgehead atoms. The van der Waals surface area contributed by atoms with Crippen LogP contribution in [0.1, 0.15) is 27.8 Å². The SMILES string of the molecule is O=C(c1ccc(Oc2ccccc2)cc1)N1CCSC(c2ccco2)CC1. The predicted molar refractivity (Wildman–Crippen MR) is 107 cm³/mol. The molecule has 138 valence electrons. The lowest BCUT2D eigenvalue weighted by Gasteiger charge is -2.20. The lowest BCUT2D eigenvalue weighted by molar-refractivity contribution is 0.0766. The molecule has 5 heteroatoms. The summed E-state index contributed by atoms with van der Waals surface area (Å²) in [6, 6.07) is 20.9. The van der Waals surface area contributed by atoms with Gasteiger partial charge in [-0.1, -0.05) is 18.2 Å². The summed E-state index contributed by atoms with van der Waals surface area (Å²) in [6.07, 6.45) is 2.61. The molecule has 0 spiro atoms. The fraction of sp³-hybridized carbons (Fsp3) is 0.227. The molecule has 4 nitrogen and oxygen atoms in total. The summed E-state index contributed by atoms with van der Waals surface area (Å²) in [5, 5.41) is 0.319. The maximum atomic E-state index is 12.9. The highest BCUT2D eigenvalue weighted by molar-refractivity contribution is 7.99. The summed E-state index contributed by atoms with van der Waals surface area (Å²) >= 11 is 1.85. The van der Waals surface area contributed by atoms with Gasteiger partial charge >= 0.3 is 0 Å².